The Morgan fingerprint density at radius 3 is 2.38 bits per heavy atom. The third-order valence-electron chi connectivity index (χ3n) is 4.05. The molecule has 0 unspecified atom stereocenters. The number of amides is 2. The van der Waals surface area contributed by atoms with Crippen LogP contribution in [-0.2, 0) is 4.79 Å². The van der Waals surface area contributed by atoms with Crippen molar-refractivity contribution in [2.24, 2.45) is 0 Å². The Bertz CT molecular complexity index is 1010. The van der Waals surface area contributed by atoms with E-state index in [0.29, 0.717) is 5.75 Å². The predicted molar refractivity (Wildman–Crippen MR) is 106 cm³/mol. The monoisotopic (exact) mass is 394 g/mol. The number of methoxy groups -OCH3 is 1. The first-order chi connectivity index (χ1) is 14.1. The van der Waals surface area contributed by atoms with Gasteiger partial charge in [-0.3, -0.25) is 20.4 Å². The minimum Gasteiger partial charge on any atom is -0.496 e. The van der Waals surface area contributed by atoms with E-state index in [-0.39, 0.29) is 17.9 Å². The van der Waals surface area contributed by atoms with Gasteiger partial charge < -0.3 is 9.47 Å². The number of halogens is 1. The standard InChI is InChI=1S/C22H19FN2O4/c1-28-19-12-11-16(23)13-18(19)22(27)25-24-21(26)14-29-20-10-6-5-9-17(20)15-7-3-2-4-8-15/h2-13H,14H2,1H3,(H,24,26)(H,25,27). The van der Waals surface area contributed by atoms with E-state index >= 15 is 0 Å². The zero-order valence-electron chi connectivity index (χ0n) is 15.6. The van der Waals surface area contributed by atoms with Gasteiger partial charge in [-0.15, -0.1) is 0 Å². The molecule has 0 saturated heterocycles. The van der Waals surface area contributed by atoms with E-state index in [0.717, 1.165) is 17.2 Å². The maximum Gasteiger partial charge on any atom is 0.276 e. The number of benzene rings is 3. The molecule has 0 aliphatic rings. The summed E-state index contributed by atoms with van der Waals surface area (Å²) < 4.78 is 24.0. The van der Waals surface area contributed by atoms with Gasteiger partial charge in [-0.2, -0.15) is 0 Å². The molecule has 0 saturated carbocycles. The highest BCUT2D eigenvalue weighted by molar-refractivity contribution is 5.98. The molecule has 0 heterocycles. The highest BCUT2D eigenvalue weighted by Gasteiger charge is 2.15. The van der Waals surface area contributed by atoms with Crippen LogP contribution in [0.4, 0.5) is 4.39 Å². The first-order valence-corrected chi connectivity index (χ1v) is 8.78. The summed E-state index contributed by atoms with van der Waals surface area (Å²) in [5.74, 6) is -1.16. The summed E-state index contributed by atoms with van der Waals surface area (Å²) in [4.78, 5) is 24.2. The second-order valence-corrected chi connectivity index (χ2v) is 6.00. The third kappa shape index (κ3) is 5.10. The predicted octanol–water partition coefficient (Wildman–Crippen LogP) is 3.34. The summed E-state index contributed by atoms with van der Waals surface area (Å²) in [6.07, 6.45) is 0. The lowest BCUT2D eigenvalue weighted by molar-refractivity contribution is -0.123. The van der Waals surface area contributed by atoms with Crippen LogP contribution in [0.3, 0.4) is 0 Å². The molecular weight excluding hydrogens is 375 g/mol. The van der Waals surface area contributed by atoms with Gasteiger partial charge in [-0.25, -0.2) is 4.39 Å². The molecule has 0 fully saturated rings. The fourth-order valence-corrected chi connectivity index (χ4v) is 2.68. The first kappa shape index (κ1) is 19.9. The van der Waals surface area contributed by atoms with Gasteiger partial charge in [-0.05, 0) is 29.8 Å². The number of hydrogen-bond donors (Lipinski definition) is 2. The maximum absolute atomic E-state index is 13.4. The van der Waals surface area contributed by atoms with Crippen molar-refractivity contribution < 1.29 is 23.5 Å². The summed E-state index contributed by atoms with van der Waals surface area (Å²) in [7, 11) is 1.36. The maximum atomic E-state index is 13.4. The van der Waals surface area contributed by atoms with Gasteiger partial charge in [0.15, 0.2) is 6.61 Å². The molecule has 2 N–H and O–H groups in total. The fourth-order valence-electron chi connectivity index (χ4n) is 2.68. The van der Waals surface area contributed by atoms with E-state index in [1.165, 1.54) is 19.2 Å². The number of carbonyl (C=O) groups is 2. The van der Waals surface area contributed by atoms with E-state index < -0.39 is 17.6 Å². The van der Waals surface area contributed by atoms with Crippen LogP contribution in [0.25, 0.3) is 11.1 Å². The molecule has 29 heavy (non-hydrogen) atoms. The van der Waals surface area contributed by atoms with E-state index in [4.69, 9.17) is 9.47 Å². The van der Waals surface area contributed by atoms with Crippen LogP contribution in [0, 0.1) is 5.82 Å². The van der Waals surface area contributed by atoms with Crippen LogP contribution in [-0.4, -0.2) is 25.5 Å². The average molecular weight is 394 g/mol. The van der Waals surface area contributed by atoms with E-state index in [9.17, 15) is 14.0 Å². The van der Waals surface area contributed by atoms with Crippen LogP contribution in [0.5, 0.6) is 11.5 Å². The van der Waals surface area contributed by atoms with Gasteiger partial charge in [0.2, 0.25) is 0 Å². The molecule has 6 nitrogen and oxygen atoms in total. The summed E-state index contributed by atoms with van der Waals surface area (Å²) in [5, 5.41) is 0. The van der Waals surface area contributed by atoms with Crippen molar-refractivity contribution in [1.82, 2.24) is 10.9 Å². The molecule has 0 aliphatic heterocycles. The van der Waals surface area contributed by atoms with Crippen molar-refractivity contribution in [3.63, 3.8) is 0 Å². The van der Waals surface area contributed by atoms with Gasteiger partial charge in [0.05, 0.1) is 12.7 Å². The Hall–Kier alpha value is -3.87. The number of hydrazine groups is 1. The number of hydrogen-bond acceptors (Lipinski definition) is 4. The molecular formula is C22H19FN2O4. The van der Waals surface area contributed by atoms with Crippen LogP contribution in [0.2, 0.25) is 0 Å². The lowest BCUT2D eigenvalue weighted by atomic mass is 10.1. The number of rotatable bonds is 6. The molecule has 0 aromatic heterocycles. The zero-order valence-corrected chi connectivity index (χ0v) is 15.6. The Kier molecular flexibility index (Phi) is 6.42. The lowest BCUT2D eigenvalue weighted by Gasteiger charge is -2.13. The molecule has 3 rings (SSSR count). The van der Waals surface area contributed by atoms with Crippen molar-refractivity contribution in [1.29, 1.82) is 0 Å². The molecule has 0 radical (unpaired) electrons. The molecule has 2 amide bonds. The third-order valence-corrected chi connectivity index (χ3v) is 4.05. The zero-order chi connectivity index (χ0) is 20.6. The van der Waals surface area contributed by atoms with Crippen LogP contribution in [0.15, 0.2) is 72.8 Å². The largest absolute Gasteiger partial charge is 0.496 e. The van der Waals surface area contributed by atoms with Crippen LogP contribution >= 0.6 is 0 Å². The highest BCUT2D eigenvalue weighted by atomic mass is 19.1. The molecule has 3 aromatic rings. The highest BCUT2D eigenvalue weighted by Crippen LogP contribution is 2.29. The number of nitrogens with one attached hydrogen (secondary N) is 2. The lowest BCUT2D eigenvalue weighted by Crippen LogP contribution is -2.44. The van der Waals surface area contributed by atoms with Gasteiger partial charge >= 0.3 is 0 Å². The van der Waals surface area contributed by atoms with Crippen LogP contribution < -0.4 is 20.3 Å². The SMILES string of the molecule is COc1ccc(F)cc1C(=O)NNC(=O)COc1ccccc1-c1ccccc1. The first-order valence-electron chi connectivity index (χ1n) is 8.78. The molecule has 0 bridgehead atoms. The van der Waals surface area contributed by atoms with Crippen molar-refractivity contribution >= 4 is 11.8 Å². The Balaban J connectivity index is 1.59. The molecule has 0 aliphatic carbocycles. The summed E-state index contributed by atoms with van der Waals surface area (Å²) >= 11 is 0. The summed E-state index contributed by atoms with van der Waals surface area (Å²) in [5.41, 5.74) is 6.21. The quantitative estimate of drug-likeness (QED) is 0.629. The second-order valence-electron chi connectivity index (χ2n) is 6.00. The number of ether oxygens (including phenoxy) is 2. The van der Waals surface area contributed by atoms with Gasteiger partial charge in [0, 0.05) is 5.56 Å². The molecule has 0 atom stereocenters. The van der Waals surface area contributed by atoms with Crippen molar-refractivity contribution in [2.75, 3.05) is 13.7 Å². The van der Waals surface area contributed by atoms with Gasteiger partial charge in [-0.1, -0.05) is 48.5 Å². The minimum atomic E-state index is -0.709. The summed E-state index contributed by atoms with van der Waals surface area (Å²) in [6, 6.07) is 20.5. The Morgan fingerprint density at radius 1 is 0.897 bits per heavy atom. The molecule has 7 heteroatoms. The van der Waals surface area contributed by atoms with Crippen molar-refractivity contribution in [3.05, 3.63) is 84.2 Å². The van der Waals surface area contributed by atoms with Crippen LogP contribution in [0.1, 0.15) is 10.4 Å². The van der Waals surface area contributed by atoms with Crippen molar-refractivity contribution in [3.8, 4) is 22.6 Å². The number of para-hydroxylation sites is 1. The van der Waals surface area contributed by atoms with E-state index in [1.807, 2.05) is 42.5 Å². The summed E-state index contributed by atoms with van der Waals surface area (Å²) in [6.45, 7) is -0.315. The smallest absolute Gasteiger partial charge is 0.276 e. The van der Waals surface area contributed by atoms with Crippen molar-refractivity contribution in [2.45, 2.75) is 0 Å². The topological polar surface area (TPSA) is 76.7 Å². The van der Waals surface area contributed by atoms with E-state index in [1.54, 1.807) is 12.1 Å². The Morgan fingerprint density at radius 2 is 1.62 bits per heavy atom. The molecule has 0 spiro atoms. The average Bonchev–Trinajstić information content (AvgIpc) is 2.76. The minimum absolute atomic E-state index is 0.0388. The fraction of sp³-hybridized carbons (Fsp3) is 0.0909. The second kappa shape index (κ2) is 9.36. The molecule has 3 aromatic carbocycles. The van der Waals surface area contributed by atoms with E-state index in [2.05, 4.69) is 10.9 Å². The normalized spacial score (nSPS) is 10.1. The number of carbonyl (C=O) groups excluding carboxylic acids is 2. The Labute approximate surface area is 167 Å². The molecule has 148 valence electrons. The van der Waals surface area contributed by atoms with Gasteiger partial charge in [0.1, 0.15) is 17.3 Å². The van der Waals surface area contributed by atoms with Gasteiger partial charge in [0.25, 0.3) is 11.8 Å².